The summed E-state index contributed by atoms with van der Waals surface area (Å²) in [7, 11) is 1.84. The molecule has 1 amide bonds. The molecular weight excluding hydrogens is 222 g/mol. The molecule has 0 unspecified atom stereocenters. The van der Waals surface area contributed by atoms with Crippen molar-refractivity contribution in [3.63, 3.8) is 0 Å². The molecule has 1 aromatic rings. The second-order valence-corrected chi connectivity index (χ2v) is 4.33. The highest BCUT2D eigenvalue weighted by Crippen LogP contribution is 2.28. The van der Waals surface area contributed by atoms with Crippen molar-refractivity contribution < 1.29 is 4.79 Å². The van der Waals surface area contributed by atoms with Crippen LogP contribution in [0.15, 0.2) is 23.1 Å². The predicted molar refractivity (Wildman–Crippen MR) is 68.6 cm³/mol. The van der Waals surface area contributed by atoms with Gasteiger partial charge in [0.15, 0.2) is 0 Å². The van der Waals surface area contributed by atoms with Gasteiger partial charge in [0.2, 0.25) is 5.91 Å². The largest absolute Gasteiger partial charge is 0.368 e. The molecule has 0 aromatic heterocycles. The van der Waals surface area contributed by atoms with E-state index in [2.05, 4.69) is 0 Å². The van der Waals surface area contributed by atoms with Crippen molar-refractivity contribution in [2.24, 2.45) is 11.5 Å². The minimum Gasteiger partial charge on any atom is -0.368 e. The Morgan fingerprint density at radius 2 is 2.19 bits per heavy atom. The van der Waals surface area contributed by atoms with E-state index in [4.69, 9.17) is 11.5 Å². The molecule has 0 bridgehead atoms. The number of rotatable bonds is 5. The molecule has 0 saturated carbocycles. The highest BCUT2D eigenvalue weighted by atomic mass is 32.2. The molecule has 0 atom stereocenters. The van der Waals surface area contributed by atoms with Crippen LogP contribution >= 0.6 is 11.8 Å². The molecular formula is C11H17N3OS. The third kappa shape index (κ3) is 2.90. The van der Waals surface area contributed by atoms with Gasteiger partial charge in [0.05, 0.1) is 6.54 Å². The lowest BCUT2D eigenvalue weighted by Gasteiger charge is -2.22. The van der Waals surface area contributed by atoms with Gasteiger partial charge in [-0.3, -0.25) is 4.79 Å². The van der Waals surface area contributed by atoms with Crippen LogP contribution in [-0.4, -0.2) is 25.8 Å². The molecule has 4 N–H and O–H groups in total. The summed E-state index contributed by atoms with van der Waals surface area (Å²) in [6, 6.07) is 5.93. The number of hydrogen-bond acceptors (Lipinski definition) is 4. The van der Waals surface area contributed by atoms with E-state index in [0.717, 1.165) is 16.1 Å². The first-order valence-corrected chi connectivity index (χ1v) is 6.18. The molecule has 0 radical (unpaired) electrons. The van der Waals surface area contributed by atoms with Crippen LogP contribution in [0.4, 0.5) is 5.69 Å². The molecule has 0 aliphatic rings. The van der Waals surface area contributed by atoms with E-state index in [1.54, 1.807) is 11.8 Å². The van der Waals surface area contributed by atoms with Crippen molar-refractivity contribution in [2.75, 3.05) is 24.7 Å². The van der Waals surface area contributed by atoms with E-state index < -0.39 is 0 Å². The Morgan fingerprint density at radius 1 is 1.50 bits per heavy atom. The molecule has 0 heterocycles. The maximum atomic E-state index is 10.9. The summed E-state index contributed by atoms with van der Waals surface area (Å²) >= 11 is 1.65. The number of hydrogen-bond donors (Lipinski definition) is 2. The Bertz CT molecular complexity index is 381. The van der Waals surface area contributed by atoms with E-state index in [1.807, 2.05) is 36.4 Å². The lowest BCUT2D eigenvalue weighted by Crippen LogP contribution is -2.31. The molecule has 0 saturated heterocycles. The number of likely N-dealkylation sites (N-methyl/N-ethyl adjacent to an activating group) is 1. The molecule has 5 heteroatoms. The fourth-order valence-corrected chi connectivity index (χ4v) is 2.28. The van der Waals surface area contributed by atoms with Crippen LogP contribution in [0, 0.1) is 0 Å². The molecule has 0 aliphatic carbocycles. The predicted octanol–water partition coefficient (Wildman–Crippen LogP) is 0.789. The van der Waals surface area contributed by atoms with Gasteiger partial charge in [0, 0.05) is 29.7 Å². The van der Waals surface area contributed by atoms with Crippen LogP contribution < -0.4 is 16.4 Å². The Hall–Kier alpha value is -1.20. The first-order chi connectivity index (χ1) is 7.60. The van der Waals surface area contributed by atoms with Gasteiger partial charge in [-0.15, -0.1) is 11.8 Å². The molecule has 1 aromatic carbocycles. The molecule has 1 rings (SSSR count). The van der Waals surface area contributed by atoms with Gasteiger partial charge in [-0.25, -0.2) is 0 Å². The van der Waals surface area contributed by atoms with Crippen molar-refractivity contribution in [1.82, 2.24) is 0 Å². The number of thioether (sulfide) groups is 1. The van der Waals surface area contributed by atoms with Gasteiger partial charge in [0.1, 0.15) is 0 Å². The van der Waals surface area contributed by atoms with Crippen molar-refractivity contribution >= 4 is 23.4 Å². The zero-order valence-corrected chi connectivity index (χ0v) is 10.4. The zero-order valence-electron chi connectivity index (χ0n) is 9.56. The number of nitrogens with two attached hydrogens (primary N) is 2. The SMILES string of the molecule is CSc1cccc(N(C)CC(N)=O)c1CN. The molecule has 0 spiro atoms. The van der Waals surface area contributed by atoms with Crippen molar-refractivity contribution in [3.8, 4) is 0 Å². The first-order valence-electron chi connectivity index (χ1n) is 4.95. The van der Waals surface area contributed by atoms with Gasteiger partial charge in [0.25, 0.3) is 0 Å². The lowest BCUT2D eigenvalue weighted by molar-refractivity contribution is -0.116. The number of primary amides is 1. The number of amides is 1. The fourth-order valence-electron chi connectivity index (χ4n) is 1.63. The van der Waals surface area contributed by atoms with E-state index in [0.29, 0.717) is 6.54 Å². The Balaban J connectivity index is 3.07. The summed E-state index contributed by atoms with van der Waals surface area (Å²) in [6.07, 6.45) is 2.01. The summed E-state index contributed by atoms with van der Waals surface area (Å²) < 4.78 is 0. The number of anilines is 1. The number of carbonyl (C=O) groups excluding carboxylic acids is 1. The second kappa shape index (κ2) is 5.77. The zero-order chi connectivity index (χ0) is 12.1. The summed E-state index contributed by atoms with van der Waals surface area (Å²) in [6.45, 7) is 0.653. The number of nitrogens with zero attached hydrogens (tertiary/aromatic N) is 1. The minimum atomic E-state index is -0.347. The monoisotopic (exact) mass is 239 g/mol. The van der Waals surface area contributed by atoms with Crippen molar-refractivity contribution in [1.29, 1.82) is 0 Å². The molecule has 16 heavy (non-hydrogen) atoms. The fraction of sp³-hybridized carbons (Fsp3) is 0.364. The quantitative estimate of drug-likeness (QED) is 0.745. The summed E-state index contributed by atoms with van der Waals surface area (Å²) in [5.41, 5.74) is 12.9. The number of benzene rings is 1. The average Bonchev–Trinajstić information content (AvgIpc) is 2.26. The van der Waals surface area contributed by atoms with E-state index in [1.165, 1.54) is 0 Å². The van der Waals surface area contributed by atoms with Crippen LogP contribution in [0.3, 0.4) is 0 Å². The second-order valence-electron chi connectivity index (χ2n) is 3.48. The Labute approximate surface area is 100.0 Å². The molecule has 0 aliphatic heterocycles. The van der Waals surface area contributed by atoms with E-state index in [9.17, 15) is 4.79 Å². The number of carbonyl (C=O) groups is 1. The normalized spacial score (nSPS) is 10.2. The third-order valence-electron chi connectivity index (χ3n) is 2.34. The van der Waals surface area contributed by atoms with Gasteiger partial charge < -0.3 is 16.4 Å². The van der Waals surface area contributed by atoms with Crippen LogP contribution in [0.1, 0.15) is 5.56 Å². The maximum absolute atomic E-state index is 10.9. The van der Waals surface area contributed by atoms with Crippen LogP contribution in [0.5, 0.6) is 0 Å². The van der Waals surface area contributed by atoms with Crippen LogP contribution in [0.25, 0.3) is 0 Å². The highest BCUT2D eigenvalue weighted by Gasteiger charge is 2.11. The maximum Gasteiger partial charge on any atom is 0.236 e. The van der Waals surface area contributed by atoms with E-state index in [-0.39, 0.29) is 12.5 Å². The summed E-state index contributed by atoms with van der Waals surface area (Å²) in [5, 5.41) is 0. The van der Waals surface area contributed by atoms with Crippen molar-refractivity contribution in [3.05, 3.63) is 23.8 Å². The molecule has 88 valence electrons. The molecule has 4 nitrogen and oxygen atoms in total. The first kappa shape index (κ1) is 12.9. The topological polar surface area (TPSA) is 72.3 Å². The Kier molecular flexibility index (Phi) is 4.64. The Morgan fingerprint density at radius 3 is 2.69 bits per heavy atom. The lowest BCUT2D eigenvalue weighted by atomic mass is 10.1. The summed E-state index contributed by atoms with van der Waals surface area (Å²) in [5.74, 6) is -0.347. The molecule has 0 fully saturated rings. The van der Waals surface area contributed by atoms with Gasteiger partial charge >= 0.3 is 0 Å². The van der Waals surface area contributed by atoms with Crippen LogP contribution in [-0.2, 0) is 11.3 Å². The minimum absolute atomic E-state index is 0.199. The summed E-state index contributed by atoms with van der Waals surface area (Å²) in [4.78, 5) is 13.8. The average molecular weight is 239 g/mol. The van der Waals surface area contributed by atoms with Crippen LogP contribution in [0.2, 0.25) is 0 Å². The van der Waals surface area contributed by atoms with Gasteiger partial charge in [-0.2, -0.15) is 0 Å². The van der Waals surface area contributed by atoms with Crippen molar-refractivity contribution in [2.45, 2.75) is 11.4 Å². The smallest absolute Gasteiger partial charge is 0.236 e. The third-order valence-corrected chi connectivity index (χ3v) is 3.16. The highest BCUT2D eigenvalue weighted by molar-refractivity contribution is 7.98. The standard InChI is InChI=1S/C11H17N3OS/c1-14(7-11(13)15)9-4-3-5-10(16-2)8(9)6-12/h3-5H,6-7,12H2,1-2H3,(H2,13,15). The van der Waals surface area contributed by atoms with Gasteiger partial charge in [-0.1, -0.05) is 6.07 Å². The van der Waals surface area contributed by atoms with Gasteiger partial charge in [-0.05, 0) is 18.4 Å². The van der Waals surface area contributed by atoms with E-state index >= 15 is 0 Å².